The summed E-state index contributed by atoms with van der Waals surface area (Å²) < 4.78 is 5.23. The molecular formula is C12H16O3. The Labute approximate surface area is 89.9 Å². The van der Waals surface area contributed by atoms with Crippen LogP contribution in [0.5, 0.6) is 0 Å². The smallest absolute Gasteiger partial charge is 0.107 e. The second kappa shape index (κ2) is 5.85. The fourth-order valence-electron chi connectivity index (χ4n) is 1.54. The SMILES string of the molecule is c1ccc(COOC2CCOCC2)cc1. The van der Waals surface area contributed by atoms with E-state index in [0.29, 0.717) is 6.61 Å². The van der Waals surface area contributed by atoms with Gasteiger partial charge in [0.05, 0.1) is 6.10 Å². The molecule has 0 atom stereocenters. The topological polar surface area (TPSA) is 27.7 Å². The Morgan fingerprint density at radius 3 is 2.60 bits per heavy atom. The third-order valence-electron chi connectivity index (χ3n) is 2.44. The summed E-state index contributed by atoms with van der Waals surface area (Å²) in [5, 5.41) is 0. The lowest BCUT2D eigenvalue weighted by molar-refractivity contribution is -0.340. The van der Waals surface area contributed by atoms with Crippen LogP contribution < -0.4 is 0 Å². The number of hydrogen-bond donors (Lipinski definition) is 0. The molecule has 1 aromatic rings. The zero-order valence-electron chi connectivity index (χ0n) is 8.72. The minimum Gasteiger partial charge on any atom is -0.381 e. The van der Waals surface area contributed by atoms with E-state index in [2.05, 4.69) is 0 Å². The molecule has 1 aliphatic rings. The van der Waals surface area contributed by atoms with Crippen molar-refractivity contribution in [2.45, 2.75) is 25.6 Å². The highest BCUT2D eigenvalue weighted by Gasteiger charge is 2.14. The summed E-state index contributed by atoms with van der Waals surface area (Å²) in [5.74, 6) is 0. The molecule has 82 valence electrons. The molecule has 3 heteroatoms. The molecular weight excluding hydrogens is 192 g/mol. The van der Waals surface area contributed by atoms with Crippen molar-refractivity contribution in [3.8, 4) is 0 Å². The number of ether oxygens (including phenoxy) is 1. The molecule has 0 spiro atoms. The zero-order valence-corrected chi connectivity index (χ0v) is 8.72. The van der Waals surface area contributed by atoms with E-state index in [1.807, 2.05) is 30.3 Å². The summed E-state index contributed by atoms with van der Waals surface area (Å²) in [6, 6.07) is 10.0. The van der Waals surface area contributed by atoms with Crippen LogP contribution in [0, 0.1) is 0 Å². The van der Waals surface area contributed by atoms with Gasteiger partial charge in [0.15, 0.2) is 0 Å². The van der Waals surface area contributed by atoms with E-state index in [1.165, 1.54) is 0 Å². The molecule has 1 fully saturated rings. The van der Waals surface area contributed by atoms with Gasteiger partial charge >= 0.3 is 0 Å². The Morgan fingerprint density at radius 2 is 1.87 bits per heavy atom. The van der Waals surface area contributed by atoms with E-state index in [4.69, 9.17) is 14.5 Å². The fourth-order valence-corrected chi connectivity index (χ4v) is 1.54. The first-order valence-corrected chi connectivity index (χ1v) is 5.35. The molecule has 2 rings (SSSR count). The molecule has 0 saturated carbocycles. The summed E-state index contributed by atoms with van der Waals surface area (Å²) in [6.07, 6.45) is 2.05. The van der Waals surface area contributed by atoms with Gasteiger partial charge in [-0.15, -0.1) is 0 Å². The molecule has 0 radical (unpaired) electrons. The Morgan fingerprint density at radius 1 is 1.13 bits per heavy atom. The van der Waals surface area contributed by atoms with Gasteiger partial charge in [-0.25, -0.2) is 9.78 Å². The Bertz CT molecular complexity index is 267. The Hall–Kier alpha value is -0.900. The number of hydrogen-bond acceptors (Lipinski definition) is 3. The number of rotatable bonds is 4. The summed E-state index contributed by atoms with van der Waals surface area (Å²) in [7, 11) is 0. The van der Waals surface area contributed by atoms with Crippen molar-refractivity contribution in [1.29, 1.82) is 0 Å². The van der Waals surface area contributed by atoms with Gasteiger partial charge in [-0.1, -0.05) is 30.3 Å². The maximum atomic E-state index is 5.31. The molecule has 0 amide bonds. The summed E-state index contributed by atoms with van der Waals surface area (Å²) in [6.45, 7) is 2.07. The summed E-state index contributed by atoms with van der Waals surface area (Å²) in [5.41, 5.74) is 1.13. The second-order valence-electron chi connectivity index (χ2n) is 3.66. The lowest BCUT2D eigenvalue weighted by atomic mass is 10.2. The number of benzene rings is 1. The predicted octanol–water partition coefficient (Wildman–Crippen LogP) is 2.31. The van der Waals surface area contributed by atoms with Gasteiger partial charge in [-0.05, 0) is 5.56 Å². The first-order chi connectivity index (χ1) is 7.45. The molecule has 1 saturated heterocycles. The molecule has 0 N–H and O–H groups in total. The van der Waals surface area contributed by atoms with Crippen LogP contribution in [0.15, 0.2) is 30.3 Å². The standard InChI is InChI=1S/C12H16O3/c1-2-4-11(5-3-1)10-14-15-12-6-8-13-9-7-12/h1-5,12H,6-10H2. The summed E-state index contributed by atoms with van der Waals surface area (Å²) >= 11 is 0. The minimum absolute atomic E-state index is 0.197. The van der Waals surface area contributed by atoms with Crippen LogP contribution in [0.2, 0.25) is 0 Å². The van der Waals surface area contributed by atoms with Crippen LogP contribution in [-0.2, 0) is 21.1 Å². The van der Waals surface area contributed by atoms with Crippen molar-refractivity contribution in [2.24, 2.45) is 0 Å². The van der Waals surface area contributed by atoms with Crippen LogP contribution in [0.3, 0.4) is 0 Å². The van der Waals surface area contributed by atoms with E-state index < -0.39 is 0 Å². The zero-order chi connectivity index (χ0) is 10.3. The van der Waals surface area contributed by atoms with E-state index >= 15 is 0 Å². The fraction of sp³-hybridized carbons (Fsp3) is 0.500. The first kappa shape index (κ1) is 10.6. The molecule has 15 heavy (non-hydrogen) atoms. The van der Waals surface area contributed by atoms with Gasteiger partial charge in [-0.3, -0.25) is 0 Å². The van der Waals surface area contributed by atoms with Crippen molar-refractivity contribution in [1.82, 2.24) is 0 Å². The molecule has 1 aliphatic heterocycles. The molecule has 0 aromatic heterocycles. The van der Waals surface area contributed by atoms with Crippen molar-refractivity contribution >= 4 is 0 Å². The third-order valence-corrected chi connectivity index (χ3v) is 2.44. The highest BCUT2D eigenvalue weighted by molar-refractivity contribution is 5.13. The molecule has 3 nitrogen and oxygen atoms in total. The quantitative estimate of drug-likeness (QED) is 0.561. The van der Waals surface area contributed by atoms with Gasteiger partial charge in [0.25, 0.3) is 0 Å². The van der Waals surface area contributed by atoms with Crippen LogP contribution in [0.4, 0.5) is 0 Å². The molecule has 0 unspecified atom stereocenters. The van der Waals surface area contributed by atoms with Gasteiger partial charge < -0.3 is 4.74 Å². The predicted molar refractivity (Wildman–Crippen MR) is 56.2 cm³/mol. The van der Waals surface area contributed by atoms with Gasteiger partial charge in [-0.2, -0.15) is 0 Å². The molecule has 0 bridgehead atoms. The molecule has 1 aromatic carbocycles. The first-order valence-electron chi connectivity index (χ1n) is 5.35. The third kappa shape index (κ3) is 3.63. The summed E-state index contributed by atoms with van der Waals surface area (Å²) in [4.78, 5) is 10.5. The monoisotopic (exact) mass is 208 g/mol. The van der Waals surface area contributed by atoms with Crippen LogP contribution in [-0.4, -0.2) is 19.3 Å². The van der Waals surface area contributed by atoms with Gasteiger partial charge in [0, 0.05) is 26.1 Å². The second-order valence-corrected chi connectivity index (χ2v) is 3.66. The van der Waals surface area contributed by atoms with Crippen molar-refractivity contribution < 1.29 is 14.5 Å². The van der Waals surface area contributed by atoms with E-state index in [1.54, 1.807) is 0 Å². The van der Waals surface area contributed by atoms with Crippen molar-refractivity contribution in [3.05, 3.63) is 35.9 Å². The average molecular weight is 208 g/mol. The van der Waals surface area contributed by atoms with Crippen molar-refractivity contribution in [2.75, 3.05) is 13.2 Å². The maximum Gasteiger partial charge on any atom is 0.107 e. The van der Waals surface area contributed by atoms with Crippen molar-refractivity contribution in [3.63, 3.8) is 0 Å². The lowest BCUT2D eigenvalue weighted by Gasteiger charge is -2.20. The highest BCUT2D eigenvalue weighted by Crippen LogP contribution is 2.11. The van der Waals surface area contributed by atoms with Crippen LogP contribution in [0.25, 0.3) is 0 Å². The van der Waals surface area contributed by atoms with E-state index in [0.717, 1.165) is 31.6 Å². The highest BCUT2D eigenvalue weighted by atomic mass is 17.2. The van der Waals surface area contributed by atoms with Crippen LogP contribution in [0.1, 0.15) is 18.4 Å². The van der Waals surface area contributed by atoms with Crippen LogP contribution >= 0.6 is 0 Å². The minimum atomic E-state index is 0.197. The average Bonchev–Trinajstić information content (AvgIpc) is 2.32. The molecule has 0 aliphatic carbocycles. The lowest BCUT2D eigenvalue weighted by Crippen LogP contribution is -2.23. The largest absolute Gasteiger partial charge is 0.381 e. The van der Waals surface area contributed by atoms with Gasteiger partial charge in [0.2, 0.25) is 0 Å². The van der Waals surface area contributed by atoms with Gasteiger partial charge in [0.1, 0.15) is 6.61 Å². The Kier molecular flexibility index (Phi) is 4.14. The normalized spacial score (nSPS) is 17.9. The van der Waals surface area contributed by atoms with E-state index in [-0.39, 0.29) is 6.10 Å². The molecule has 1 heterocycles. The maximum absolute atomic E-state index is 5.31. The van der Waals surface area contributed by atoms with E-state index in [9.17, 15) is 0 Å². The Balaban J connectivity index is 1.66.